The average molecular weight is 560 g/mol. The predicted molar refractivity (Wildman–Crippen MR) is 158 cm³/mol. The zero-order valence-corrected chi connectivity index (χ0v) is 23.2. The smallest absolute Gasteiger partial charge is 0.257 e. The molecule has 0 radical (unpaired) electrons. The van der Waals surface area contributed by atoms with Gasteiger partial charge in [0.25, 0.3) is 5.91 Å². The molecular weight excluding hydrogens is 526 g/mol. The number of aromatic nitrogens is 1. The molecule has 1 fully saturated rings. The number of halogens is 1. The van der Waals surface area contributed by atoms with Crippen molar-refractivity contribution in [2.45, 2.75) is 32.4 Å². The molecule has 3 aromatic carbocycles. The number of benzene rings is 3. The summed E-state index contributed by atoms with van der Waals surface area (Å²) in [6.45, 7) is 4.26. The van der Waals surface area contributed by atoms with Crippen LogP contribution in [0, 0.1) is 0 Å². The molecule has 40 heavy (non-hydrogen) atoms. The van der Waals surface area contributed by atoms with Crippen molar-refractivity contribution in [2.75, 3.05) is 32.9 Å². The van der Waals surface area contributed by atoms with Gasteiger partial charge in [0.05, 0.1) is 18.7 Å². The highest BCUT2D eigenvalue weighted by atomic mass is 35.5. The van der Waals surface area contributed by atoms with Crippen molar-refractivity contribution < 1.29 is 14.6 Å². The second kappa shape index (κ2) is 13.2. The van der Waals surface area contributed by atoms with E-state index in [1.54, 1.807) is 18.3 Å². The number of ether oxygens (including phenoxy) is 1. The molecule has 1 aliphatic heterocycles. The quantitative estimate of drug-likeness (QED) is 0.275. The number of aliphatic hydroxyl groups excluding tert-OH is 1. The first-order chi connectivity index (χ1) is 19.5. The number of unbranched alkanes of at least 4 members (excludes halogenated alkanes) is 1. The van der Waals surface area contributed by atoms with E-state index in [0.29, 0.717) is 30.2 Å². The Balaban J connectivity index is 1.52. The lowest BCUT2D eigenvalue weighted by molar-refractivity contribution is 0.0342. The first-order valence-electron chi connectivity index (χ1n) is 13.7. The first kappa shape index (κ1) is 28.1. The van der Waals surface area contributed by atoms with E-state index in [-0.39, 0.29) is 24.1 Å². The van der Waals surface area contributed by atoms with Crippen LogP contribution in [0.5, 0.6) is 0 Å². The Morgan fingerprint density at radius 2 is 1.73 bits per heavy atom. The Bertz CT molecular complexity index is 1530. The molecule has 0 atom stereocenters. The third-order valence-electron chi connectivity index (χ3n) is 7.25. The number of aliphatic hydroxyl groups is 1. The summed E-state index contributed by atoms with van der Waals surface area (Å²) in [7, 11) is 0. The average Bonchev–Trinajstić information content (AvgIpc) is 2.98. The fourth-order valence-electron chi connectivity index (χ4n) is 5.05. The Morgan fingerprint density at radius 1 is 0.950 bits per heavy atom. The van der Waals surface area contributed by atoms with Crippen molar-refractivity contribution >= 4 is 28.4 Å². The summed E-state index contributed by atoms with van der Waals surface area (Å²) < 4.78 is 7.41. The Kier molecular flexibility index (Phi) is 9.29. The van der Waals surface area contributed by atoms with Crippen molar-refractivity contribution in [3.05, 3.63) is 110 Å². The molecule has 4 aromatic rings. The largest absolute Gasteiger partial charge is 0.396 e. The molecule has 1 aromatic heterocycles. The van der Waals surface area contributed by atoms with Crippen LogP contribution in [0.3, 0.4) is 0 Å². The zero-order valence-electron chi connectivity index (χ0n) is 22.4. The van der Waals surface area contributed by atoms with E-state index in [2.05, 4.69) is 28.4 Å². The fraction of sp³-hybridized carbons (Fsp3) is 0.312. The molecule has 8 heteroatoms. The molecule has 0 spiro atoms. The maximum absolute atomic E-state index is 13.7. The Labute approximate surface area is 239 Å². The van der Waals surface area contributed by atoms with E-state index < -0.39 is 5.91 Å². The topological polar surface area (TPSA) is 83.8 Å². The minimum Gasteiger partial charge on any atom is -0.396 e. The minimum absolute atomic E-state index is 0.0932. The molecule has 1 aliphatic rings. The Morgan fingerprint density at radius 3 is 2.50 bits per heavy atom. The van der Waals surface area contributed by atoms with Gasteiger partial charge in [-0.15, -0.1) is 0 Å². The molecule has 0 aliphatic carbocycles. The van der Waals surface area contributed by atoms with Gasteiger partial charge in [0.2, 0.25) is 5.43 Å². The number of morpholine rings is 1. The molecular formula is C32H34ClN3O4. The number of nitrogens with one attached hydrogen (secondary N) is 1. The summed E-state index contributed by atoms with van der Waals surface area (Å²) in [6, 6.07) is 21.3. The number of rotatable bonds is 10. The van der Waals surface area contributed by atoms with Gasteiger partial charge in [-0.1, -0.05) is 41.9 Å². The number of pyridine rings is 1. The summed E-state index contributed by atoms with van der Waals surface area (Å²) in [5.41, 5.74) is 4.47. The van der Waals surface area contributed by atoms with Gasteiger partial charge in [0, 0.05) is 55.1 Å². The van der Waals surface area contributed by atoms with Crippen LogP contribution in [0.4, 0.5) is 0 Å². The predicted octanol–water partition coefficient (Wildman–Crippen LogP) is 4.72. The second-order valence-electron chi connectivity index (χ2n) is 10.1. The summed E-state index contributed by atoms with van der Waals surface area (Å²) in [5, 5.41) is 13.2. The lowest BCUT2D eigenvalue weighted by Gasteiger charge is -2.26. The van der Waals surface area contributed by atoms with Gasteiger partial charge in [-0.05, 0) is 72.4 Å². The van der Waals surface area contributed by atoms with Crippen molar-refractivity contribution in [3.8, 4) is 5.69 Å². The third kappa shape index (κ3) is 6.80. The van der Waals surface area contributed by atoms with Crippen LogP contribution in [0.25, 0.3) is 16.6 Å². The maximum Gasteiger partial charge on any atom is 0.257 e. The van der Waals surface area contributed by atoms with Crippen LogP contribution >= 0.6 is 11.6 Å². The fourth-order valence-corrected chi connectivity index (χ4v) is 5.18. The lowest BCUT2D eigenvalue weighted by Crippen LogP contribution is -2.35. The number of nitrogens with zero attached hydrogens (tertiary/aromatic N) is 2. The number of aryl methyl sites for hydroxylation is 1. The standard InChI is InChI=1S/C32H34ClN3O4/c33-26-10-7-24(8-11-26)20-34-32(39)29-22-36(27-6-3-5-23(18-27)4-1-2-15-37)30-12-9-25(19-28(30)31(29)38)21-35-13-16-40-17-14-35/h3,5-12,18-19,22,37H,1-2,4,13-17,20-21H2,(H,34,39). The zero-order chi connectivity index (χ0) is 27.9. The monoisotopic (exact) mass is 559 g/mol. The number of carbonyl (C=O) groups is 1. The number of amides is 1. The summed E-state index contributed by atoms with van der Waals surface area (Å²) in [5.74, 6) is -0.423. The van der Waals surface area contributed by atoms with E-state index >= 15 is 0 Å². The van der Waals surface area contributed by atoms with Crippen LogP contribution in [-0.4, -0.2) is 53.4 Å². The van der Waals surface area contributed by atoms with Crippen LogP contribution in [-0.2, 0) is 24.2 Å². The minimum atomic E-state index is -0.423. The van der Waals surface area contributed by atoms with E-state index in [0.717, 1.165) is 60.2 Å². The van der Waals surface area contributed by atoms with Crippen LogP contribution in [0.2, 0.25) is 5.02 Å². The summed E-state index contributed by atoms with van der Waals surface area (Å²) >= 11 is 5.99. The van der Waals surface area contributed by atoms with Crippen LogP contribution < -0.4 is 10.7 Å². The highest BCUT2D eigenvalue weighted by Crippen LogP contribution is 2.22. The van der Waals surface area contributed by atoms with Gasteiger partial charge in [-0.25, -0.2) is 0 Å². The third-order valence-corrected chi connectivity index (χ3v) is 7.50. The van der Waals surface area contributed by atoms with Gasteiger partial charge in [0.15, 0.2) is 0 Å². The van der Waals surface area contributed by atoms with E-state index in [4.69, 9.17) is 16.3 Å². The molecule has 1 saturated heterocycles. The number of fused-ring (bicyclic) bond motifs is 1. The van der Waals surface area contributed by atoms with Gasteiger partial charge in [0.1, 0.15) is 5.56 Å². The molecule has 1 amide bonds. The molecule has 0 bridgehead atoms. The van der Waals surface area contributed by atoms with Gasteiger partial charge in [-0.2, -0.15) is 0 Å². The lowest BCUT2D eigenvalue weighted by atomic mass is 10.0. The van der Waals surface area contributed by atoms with Crippen molar-refractivity contribution in [1.82, 2.24) is 14.8 Å². The highest BCUT2D eigenvalue weighted by molar-refractivity contribution is 6.30. The molecule has 0 saturated carbocycles. The number of hydrogen-bond donors (Lipinski definition) is 2. The van der Waals surface area contributed by atoms with Crippen molar-refractivity contribution in [3.63, 3.8) is 0 Å². The first-order valence-corrected chi connectivity index (χ1v) is 14.1. The van der Waals surface area contributed by atoms with Crippen molar-refractivity contribution in [2.24, 2.45) is 0 Å². The van der Waals surface area contributed by atoms with E-state index in [9.17, 15) is 14.7 Å². The Hall–Kier alpha value is -3.49. The highest BCUT2D eigenvalue weighted by Gasteiger charge is 2.18. The molecule has 208 valence electrons. The molecule has 7 nitrogen and oxygen atoms in total. The van der Waals surface area contributed by atoms with Gasteiger partial charge < -0.3 is 19.7 Å². The normalized spacial score (nSPS) is 13.9. The maximum atomic E-state index is 13.7. The van der Waals surface area contributed by atoms with Gasteiger partial charge in [-0.3, -0.25) is 14.5 Å². The molecule has 5 rings (SSSR count). The van der Waals surface area contributed by atoms with Crippen molar-refractivity contribution in [1.29, 1.82) is 0 Å². The van der Waals surface area contributed by atoms with Crippen LogP contribution in [0.1, 0.15) is 39.9 Å². The van der Waals surface area contributed by atoms with E-state index in [1.807, 2.05) is 41.0 Å². The van der Waals surface area contributed by atoms with Gasteiger partial charge >= 0.3 is 0 Å². The second-order valence-corrected chi connectivity index (χ2v) is 10.6. The van der Waals surface area contributed by atoms with E-state index in [1.165, 1.54) is 0 Å². The summed E-state index contributed by atoms with van der Waals surface area (Å²) in [6.07, 6.45) is 4.12. The number of hydrogen-bond acceptors (Lipinski definition) is 5. The molecule has 0 unspecified atom stereocenters. The van der Waals surface area contributed by atoms with Crippen LogP contribution in [0.15, 0.2) is 77.7 Å². The SMILES string of the molecule is O=C(NCc1ccc(Cl)cc1)c1cn(-c2cccc(CCCCO)c2)c2ccc(CN3CCOCC3)cc2c1=O. The molecule has 2 N–H and O–H groups in total. The summed E-state index contributed by atoms with van der Waals surface area (Å²) in [4.78, 5) is 29.4. The molecule has 2 heterocycles. The number of carbonyl (C=O) groups excluding carboxylic acids is 1.